The van der Waals surface area contributed by atoms with Gasteiger partial charge in [-0.15, -0.1) is 10.2 Å². The molecule has 11 heteroatoms. The lowest BCUT2D eigenvalue weighted by molar-refractivity contribution is 0.562. The topological polar surface area (TPSA) is 144 Å². The molecule has 2 aromatic heterocycles. The minimum Gasteiger partial charge on any atom is -0.330 e. The van der Waals surface area contributed by atoms with Gasteiger partial charge in [-0.25, -0.2) is 13.1 Å². The normalized spacial score (nSPS) is 12.0. The molecule has 2 rings (SSSR count). The Bertz CT molecular complexity index is 691. The monoisotopic (exact) mass is 314 g/mol. The van der Waals surface area contributed by atoms with Crippen molar-refractivity contribution in [1.29, 1.82) is 0 Å². The van der Waals surface area contributed by atoms with Gasteiger partial charge < -0.3 is 5.73 Å². The Labute approximate surface area is 122 Å². The summed E-state index contributed by atoms with van der Waals surface area (Å²) in [5.74, 6) is 0.268. The summed E-state index contributed by atoms with van der Waals surface area (Å²) in [6, 6.07) is 0. The molecule has 2 heterocycles. The number of nitrogens with one attached hydrogen (secondary N) is 2. The van der Waals surface area contributed by atoms with Crippen molar-refractivity contribution in [2.75, 3.05) is 6.54 Å². The fraction of sp³-hybridized carbons (Fsp3) is 0.600. The molecule has 0 bridgehead atoms. The van der Waals surface area contributed by atoms with E-state index in [0.717, 1.165) is 6.42 Å². The van der Waals surface area contributed by atoms with Crippen LogP contribution in [0.5, 0.6) is 0 Å². The fourth-order valence-corrected chi connectivity index (χ4v) is 3.40. The van der Waals surface area contributed by atoms with Crippen LogP contribution in [0.3, 0.4) is 0 Å². The molecule has 0 saturated carbocycles. The largest absolute Gasteiger partial charge is 0.330 e. The molecule has 0 atom stereocenters. The summed E-state index contributed by atoms with van der Waals surface area (Å²) in [4.78, 5) is 0.183. The minimum absolute atomic E-state index is 0.0360. The number of nitrogens with two attached hydrogens (primary N) is 1. The molecule has 0 aliphatic rings. The predicted molar refractivity (Wildman–Crippen MR) is 73.6 cm³/mol. The first kappa shape index (κ1) is 15.5. The van der Waals surface area contributed by atoms with Gasteiger partial charge in [0.2, 0.25) is 10.0 Å². The second kappa shape index (κ2) is 6.28. The average Bonchev–Trinajstić information content (AvgIpc) is 3.03. The second-order valence-corrected chi connectivity index (χ2v) is 6.22. The highest BCUT2D eigenvalue weighted by Gasteiger charge is 2.24. The van der Waals surface area contributed by atoms with E-state index >= 15 is 0 Å². The lowest BCUT2D eigenvalue weighted by atomic mass is 10.4. The number of sulfonamides is 1. The van der Waals surface area contributed by atoms with Crippen LogP contribution in [0.25, 0.3) is 0 Å². The molecule has 0 spiro atoms. The first-order valence-corrected chi connectivity index (χ1v) is 7.90. The molecule has 2 aromatic rings. The zero-order valence-electron chi connectivity index (χ0n) is 11.9. The lowest BCUT2D eigenvalue weighted by Crippen LogP contribution is -2.25. The highest BCUT2D eigenvalue weighted by Crippen LogP contribution is 2.19. The number of tetrazole rings is 1. The number of aryl methyl sites for hydroxylation is 2. The first-order valence-electron chi connectivity index (χ1n) is 6.41. The Morgan fingerprint density at radius 1 is 1.38 bits per heavy atom. The van der Waals surface area contributed by atoms with Crippen molar-refractivity contribution in [2.24, 2.45) is 5.73 Å². The molecular formula is C10H18N8O2S. The van der Waals surface area contributed by atoms with Crippen LogP contribution in [0.4, 0.5) is 0 Å². The Balaban J connectivity index is 2.21. The molecular weight excluding hydrogens is 296 g/mol. The van der Waals surface area contributed by atoms with Crippen LogP contribution < -0.4 is 10.5 Å². The van der Waals surface area contributed by atoms with Gasteiger partial charge in [0, 0.05) is 6.54 Å². The van der Waals surface area contributed by atoms with Crippen LogP contribution >= 0.6 is 0 Å². The minimum atomic E-state index is -3.69. The van der Waals surface area contributed by atoms with Gasteiger partial charge in [-0.3, -0.25) is 4.68 Å². The second-order valence-electron chi connectivity index (χ2n) is 4.52. The number of hydrogen-bond acceptors (Lipinski definition) is 7. The Morgan fingerprint density at radius 2 is 2.14 bits per heavy atom. The fourth-order valence-electron chi connectivity index (χ4n) is 2.02. The molecule has 4 N–H and O–H groups in total. The summed E-state index contributed by atoms with van der Waals surface area (Å²) in [7, 11) is -3.69. The first-order chi connectivity index (χ1) is 9.95. The molecule has 0 amide bonds. The SMILES string of the molecule is Cc1nn(CCCN)c(C)c1S(=O)(=O)NCc1nn[nH]n1. The van der Waals surface area contributed by atoms with Crippen molar-refractivity contribution in [1.82, 2.24) is 35.1 Å². The van der Waals surface area contributed by atoms with E-state index in [9.17, 15) is 8.42 Å². The summed E-state index contributed by atoms with van der Waals surface area (Å²) >= 11 is 0. The van der Waals surface area contributed by atoms with E-state index in [4.69, 9.17) is 5.73 Å². The predicted octanol–water partition coefficient (Wildman–Crippen LogP) is -1.16. The van der Waals surface area contributed by atoms with Gasteiger partial charge in [-0.2, -0.15) is 10.3 Å². The smallest absolute Gasteiger partial charge is 0.244 e. The zero-order valence-corrected chi connectivity index (χ0v) is 12.7. The van der Waals surface area contributed by atoms with Crippen LogP contribution in [0.15, 0.2) is 4.90 Å². The molecule has 21 heavy (non-hydrogen) atoms. The molecule has 0 unspecified atom stereocenters. The number of H-pyrrole nitrogens is 1. The highest BCUT2D eigenvalue weighted by atomic mass is 32.2. The van der Waals surface area contributed by atoms with Crippen molar-refractivity contribution in [3.8, 4) is 0 Å². The summed E-state index contributed by atoms with van der Waals surface area (Å²) in [6.07, 6.45) is 0.734. The standard InChI is InChI=1S/C10H18N8O2S/c1-7-10(8(2)18(15-7)5-3-4-11)21(19,20)12-6-9-13-16-17-14-9/h12H,3-6,11H2,1-2H3,(H,13,14,16,17). The van der Waals surface area contributed by atoms with E-state index in [2.05, 4.69) is 30.4 Å². The quantitative estimate of drug-likeness (QED) is 0.584. The molecule has 0 radical (unpaired) electrons. The van der Waals surface area contributed by atoms with Crippen molar-refractivity contribution in [2.45, 2.75) is 38.3 Å². The number of rotatable bonds is 7. The number of aromatic nitrogens is 6. The van der Waals surface area contributed by atoms with Crippen LogP contribution in [0, 0.1) is 13.8 Å². The maximum absolute atomic E-state index is 12.4. The van der Waals surface area contributed by atoms with E-state index in [1.807, 2.05) is 0 Å². The van der Waals surface area contributed by atoms with Gasteiger partial charge >= 0.3 is 0 Å². The number of hydrogen-bond donors (Lipinski definition) is 3. The van der Waals surface area contributed by atoms with Gasteiger partial charge in [-0.05, 0) is 26.8 Å². The molecule has 0 aromatic carbocycles. The van der Waals surface area contributed by atoms with Gasteiger partial charge in [-0.1, -0.05) is 5.21 Å². The maximum atomic E-state index is 12.4. The molecule has 0 aliphatic carbocycles. The molecule has 0 saturated heterocycles. The van der Waals surface area contributed by atoms with Gasteiger partial charge in [0.1, 0.15) is 4.90 Å². The van der Waals surface area contributed by atoms with Crippen molar-refractivity contribution in [3.63, 3.8) is 0 Å². The number of aromatic amines is 1. The van der Waals surface area contributed by atoms with Crippen LogP contribution in [0.2, 0.25) is 0 Å². The Morgan fingerprint density at radius 3 is 2.76 bits per heavy atom. The average molecular weight is 314 g/mol. The molecule has 116 valence electrons. The van der Waals surface area contributed by atoms with Crippen molar-refractivity contribution in [3.05, 3.63) is 17.2 Å². The van der Waals surface area contributed by atoms with Crippen molar-refractivity contribution < 1.29 is 8.42 Å². The Hall–Kier alpha value is -1.85. The third kappa shape index (κ3) is 3.43. The van der Waals surface area contributed by atoms with Gasteiger partial charge in [0.25, 0.3) is 0 Å². The lowest BCUT2D eigenvalue weighted by Gasteiger charge is -2.06. The van der Waals surface area contributed by atoms with Gasteiger partial charge in [0.05, 0.1) is 17.9 Å². The summed E-state index contributed by atoms with van der Waals surface area (Å²) < 4.78 is 28.9. The van der Waals surface area contributed by atoms with Crippen LogP contribution in [-0.2, 0) is 23.1 Å². The molecule has 0 aliphatic heterocycles. The summed E-state index contributed by atoms with van der Waals surface area (Å²) in [5.41, 5.74) is 6.50. The van der Waals surface area contributed by atoms with Crippen molar-refractivity contribution >= 4 is 10.0 Å². The maximum Gasteiger partial charge on any atom is 0.244 e. The highest BCUT2D eigenvalue weighted by molar-refractivity contribution is 7.89. The summed E-state index contributed by atoms with van der Waals surface area (Å²) in [6.45, 7) is 4.46. The van der Waals surface area contributed by atoms with Crippen LogP contribution in [-0.4, -0.2) is 45.4 Å². The van der Waals surface area contributed by atoms with E-state index in [-0.39, 0.29) is 17.3 Å². The van der Waals surface area contributed by atoms with E-state index in [1.54, 1.807) is 18.5 Å². The third-order valence-electron chi connectivity index (χ3n) is 2.97. The molecule has 0 fully saturated rings. The third-order valence-corrected chi connectivity index (χ3v) is 4.62. The Kier molecular flexibility index (Phi) is 4.65. The number of nitrogens with zero attached hydrogens (tertiary/aromatic N) is 5. The van der Waals surface area contributed by atoms with E-state index < -0.39 is 10.0 Å². The van der Waals surface area contributed by atoms with E-state index in [0.29, 0.717) is 24.5 Å². The van der Waals surface area contributed by atoms with Gasteiger partial charge in [0.15, 0.2) is 5.82 Å². The van der Waals surface area contributed by atoms with Crippen LogP contribution in [0.1, 0.15) is 23.6 Å². The zero-order chi connectivity index (χ0) is 15.5. The van der Waals surface area contributed by atoms with E-state index in [1.165, 1.54) is 0 Å². The summed E-state index contributed by atoms with van der Waals surface area (Å²) in [5, 5.41) is 17.3. The molecule has 10 nitrogen and oxygen atoms in total.